The Kier molecular flexibility index (Phi) is 2.77. The van der Waals surface area contributed by atoms with Crippen LogP contribution in [0.25, 0.3) is 0 Å². The largest absolute Gasteiger partial charge is 0.459 e. The van der Waals surface area contributed by atoms with Crippen LogP contribution in [0.5, 0.6) is 0 Å². The number of carbonyl (C=O) groups is 1. The molecule has 0 amide bonds. The van der Waals surface area contributed by atoms with Gasteiger partial charge in [-0.15, -0.1) is 0 Å². The minimum absolute atomic E-state index is 0.183. The van der Waals surface area contributed by atoms with E-state index >= 15 is 0 Å². The van der Waals surface area contributed by atoms with Crippen LogP contribution in [-0.4, -0.2) is 31.6 Å². The van der Waals surface area contributed by atoms with Crippen LogP contribution >= 0.6 is 0 Å². The van der Waals surface area contributed by atoms with E-state index in [1.54, 1.807) is 6.26 Å². The van der Waals surface area contributed by atoms with E-state index < -0.39 is 0 Å². The van der Waals surface area contributed by atoms with Crippen LogP contribution in [0.15, 0.2) is 16.7 Å². The van der Waals surface area contributed by atoms with Gasteiger partial charge in [-0.1, -0.05) is 0 Å². The number of carbonyl (C=O) groups excluding carboxylic acids is 1. The molecule has 0 spiro atoms. The molecule has 0 radical (unpaired) electrons. The summed E-state index contributed by atoms with van der Waals surface area (Å²) in [6.45, 7) is 5.65. The van der Waals surface area contributed by atoms with Crippen molar-refractivity contribution in [3.05, 3.63) is 18.1 Å². The summed E-state index contributed by atoms with van der Waals surface area (Å²) >= 11 is 0. The van der Waals surface area contributed by atoms with E-state index in [0.29, 0.717) is 5.76 Å². The van der Waals surface area contributed by atoms with E-state index in [1.807, 2.05) is 19.9 Å². The van der Waals surface area contributed by atoms with E-state index in [2.05, 4.69) is 4.90 Å². The highest BCUT2D eigenvalue weighted by molar-refractivity contribution is 5.80. The van der Waals surface area contributed by atoms with Gasteiger partial charge in [0.15, 0.2) is 12.0 Å². The molecule has 1 saturated heterocycles. The van der Waals surface area contributed by atoms with Crippen molar-refractivity contribution in [1.29, 1.82) is 0 Å². The number of aldehydes is 1. The van der Waals surface area contributed by atoms with E-state index in [9.17, 15) is 4.79 Å². The standard InChI is InChI=1S/C11H15NO3/c1-8-5-12(6-9(2)15-8)10-3-4-14-11(10)7-13/h3-4,7-9H,5-6H2,1-2H3. The molecule has 1 aromatic heterocycles. The maximum absolute atomic E-state index is 10.7. The zero-order valence-electron chi connectivity index (χ0n) is 8.97. The molecule has 2 heterocycles. The summed E-state index contributed by atoms with van der Waals surface area (Å²) in [6, 6.07) is 1.83. The number of morpholine rings is 1. The van der Waals surface area contributed by atoms with Crippen LogP contribution in [0.4, 0.5) is 5.69 Å². The van der Waals surface area contributed by atoms with Crippen LogP contribution in [0, 0.1) is 0 Å². The molecule has 0 saturated carbocycles. The average Bonchev–Trinajstić information content (AvgIpc) is 2.63. The average molecular weight is 209 g/mol. The first-order valence-corrected chi connectivity index (χ1v) is 5.13. The Morgan fingerprint density at radius 2 is 2.07 bits per heavy atom. The lowest BCUT2D eigenvalue weighted by Crippen LogP contribution is -2.45. The summed E-state index contributed by atoms with van der Waals surface area (Å²) in [6.07, 6.45) is 2.66. The van der Waals surface area contributed by atoms with Crippen LogP contribution in [-0.2, 0) is 4.74 Å². The lowest BCUT2D eigenvalue weighted by atomic mass is 10.2. The second kappa shape index (κ2) is 4.06. The van der Waals surface area contributed by atoms with Gasteiger partial charge in [-0.2, -0.15) is 0 Å². The second-order valence-corrected chi connectivity index (χ2v) is 3.95. The van der Waals surface area contributed by atoms with Crippen molar-refractivity contribution in [3.8, 4) is 0 Å². The molecule has 0 bridgehead atoms. The van der Waals surface area contributed by atoms with Gasteiger partial charge >= 0.3 is 0 Å². The maximum atomic E-state index is 10.7. The zero-order chi connectivity index (χ0) is 10.8. The Morgan fingerprint density at radius 3 is 2.67 bits per heavy atom. The molecule has 0 aliphatic carbocycles. The third kappa shape index (κ3) is 2.04. The summed E-state index contributed by atoms with van der Waals surface area (Å²) < 4.78 is 10.7. The molecule has 4 nitrogen and oxygen atoms in total. The first kappa shape index (κ1) is 10.2. The van der Waals surface area contributed by atoms with Crippen LogP contribution < -0.4 is 4.90 Å². The molecule has 1 aliphatic heterocycles. The Labute approximate surface area is 88.8 Å². The molecule has 2 atom stereocenters. The predicted molar refractivity (Wildman–Crippen MR) is 56.3 cm³/mol. The molecule has 1 fully saturated rings. The summed E-state index contributed by atoms with van der Waals surface area (Å²) in [5.74, 6) is 0.399. The number of hydrogen-bond donors (Lipinski definition) is 0. The SMILES string of the molecule is CC1CN(c2ccoc2C=O)CC(C)O1. The quantitative estimate of drug-likeness (QED) is 0.695. The van der Waals surface area contributed by atoms with Crippen molar-refractivity contribution in [2.24, 2.45) is 0 Å². The highest BCUT2D eigenvalue weighted by Crippen LogP contribution is 2.24. The normalized spacial score (nSPS) is 26.7. The number of nitrogens with zero attached hydrogens (tertiary/aromatic N) is 1. The Bertz CT molecular complexity index is 337. The second-order valence-electron chi connectivity index (χ2n) is 3.95. The fourth-order valence-electron chi connectivity index (χ4n) is 2.04. The molecule has 0 aromatic carbocycles. The van der Waals surface area contributed by atoms with Gasteiger partial charge in [-0.05, 0) is 13.8 Å². The van der Waals surface area contributed by atoms with Gasteiger partial charge in [-0.25, -0.2) is 0 Å². The zero-order valence-corrected chi connectivity index (χ0v) is 8.97. The van der Waals surface area contributed by atoms with Crippen molar-refractivity contribution >= 4 is 12.0 Å². The number of rotatable bonds is 2. The molecule has 2 unspecified atom stereocenters. The molecule has 82 valence electrons. The van der Waals surface area contributed by atoms with Crippen molar-refractivity contribution in [1.82, 2.24) is 0 Å². The summed E-state index contributed by atoms with van der Waals surface area (Å²) in [7, 11) is 0. The highest BCUT2D eigenvalue weighted by Gasteiger charge is 2.24. The van der Waals surface area contributed by atoms with E-state index in [1.165, 1.54) is 0 Å². The lowest BCUT2D eigenvalue weighted by molar-refractivity contribution is -0.00528. The number of hydrogen-bond acceptors (Lipinski definition) is 4. The Balaban J connectivity index is 2.19. The van der Waals surface area contributed by atoms with Gasteiger partial charge in [0.25, 0.3) is 0 Å². The van der Waals surface area contributed by atoms with Crippen molar-refractivity contribution in [2.75, 3.05) is 18.0 Å². The minimum Gasteiger partial charge on any atom is -0.459 e. The number of furan rings is 1. The highest BCUT2D eigenvalue weighted by atomic mass is 16.5. The van der Waals surface area contributed by atoms with Crippen molar-refractivity contribution in [2.45, 2.75) is 26.1 Å². The Hall–Kier alpha value is -1.29. The number of ether oxygens (including phenoxy) is 1. The number of anilines is 1. The van der Waals surface area contributed by atoms with Crippen LogP contribution in [0.1, 0.15) is 24.4 Å². The maximum Gasteiger partial charge on any atom is 0.189 e. The van der Waals surface area contributed by atoms with Crippen molar-refractivity contribution in [3.63, 3.8) is 0 Å². The minimum atomic E-state index is 0.183. The van der Waals surface area contributed by atoms with E-state index in [0.717, 1.165) is 25.1 Å². The smallest absolute Gasteiger partial charge is 0.189 e. The molecular weight excluding hydrogens is 194 g/mol. The molecule has 4 heteroatoms. The summed E-state index contributed by atoms with van der Waals surface area (Å²) in [5.41, 5.74) is 0.868. The third-order valence-corrected chi connectivity index (χ3v) is 2.54. The lowest BCUT2D eigenvalue weighted by Gasteiger charge is -2.36. The summed E-state index contributed by atoms with van der Waals surface area (Å²) in [5, 5.41) is 0. The van der Waals surface area contributed by atoms with Crippen LogP contribution in [0.2, 0.25) is 0 Å². The molecular formula is C11H15NO3. The van der Waals surface area contributed by atoms with Crippen molar-refractivity contribution < 1.29 is 13.9 Å². The summed E-state index contributed by atoms with van der Waals surface area (Å²) in [4.78, 5) is 12.9. The first-order valence-electron chi connectivity index (χ1n) is 5.13. The van der Waals surface area contributed by atoms with Gasteiger partial charge < -0.3 is 14.1 Å². The van der Waals surface area contributed by atoms with Gasteiger partial charge in [0, 0.05) is 19.2 Å². The third-order valence-electron chi connectivity index (χ3n) is 2.54. The van der Waals surface area contributed by atoms with Crippen LogP contribution in [0.3, 0.4) is 0 Å². The fraction of sp³-hybridized carbons (Fsp3) is 0.545. The molecule has 1 aromatic rings. The fourth-order valence-corrected chi connectivity index (χ4v) is 2.04. The Morgan fingerprint density at radius 1 is 1.40 bits per heavy atom. The van der Waals surface area contributed by atoms with Gasteiger partial charge in [-0.3, -0.25) is 4.79 Å². The topological polar surface area (TPSA) is 42.7 Å². The molecule has 1 aliphatic rings. The van der Waals surface area contributed by atoms with E-state index in [4.69, 9.17) is 9.15 Å². The monoisotopic (exact) mass is 209 g/mol. The molecule has 15 heavy (non-hydrogen) atoms. The first-order chi connectivity index (χ1) is 7.20. The van der Waals surface area contributed by atoms with Gasteiger partial charge in [0.05, 0.1) is 24.2 Å². The predicted octanol–water partition coefficient (Wildman–Crippen LogP) is 1.71. The molecule has 2 rings (SSSR count). The molecule has 0 N–H and O–H groups in total. The van der Waals surface area contributed by atoms with Gasteiger partial charge in [0.2, 0.25) is 0 Å². The van der Waals surface area contributed by atoms with E-state index in [-0.39, 0.29) is 12.2 Å². The van der Waals surface area contributed by atoms with Gasteiger partial charge in [0.1, 0.15) is 0 Å².